The molecule has 0 unspecified atom stereocenters. The first-order valence-electron chi connectivity index (χ1n) is 10.1. The summed E-state index contributed by atoms with van der Waals surface area (Å²) >= 11 is 0. The summed E-state index contributed by atoms with van der Waals surface area (Å²) in [6.07, 6.45) is 5.39. The van der Waals surface area contributed by atoms with Crippen molar-refractivity contribution in [3.63, 3.8) is 0 Å². The fourth-order valence-corrected chi connectivity index (χ4v) is 3.98. The Hall–Kier alpha value is -2.34. The van der Waals surface area contributed by atoms with Crippen LogP contribution in [0.25, 0.3) is 0 Å². The number of piperazine rings is 1. The van der Waals surface area contributed by atoms with Gasteiger partial charge < -0.3 is 14.7 Å². The van der Waals surface area contributed by atoms with Crippen molar-refractivity contribution in [2.24, 2.45) is 4.99 Å². The summed E-state index contributed by atoms with van der Waals surface area (Å²) in [7, 11) is 0. The molecule has 1 aromatic heterocycles. The molecule has 2 aliphatic rings. The molecule has 0 amide bonds. The zero-order valence-corrected chi connectivity index (χ0v) is 16.2. The molecule has 1 aliphatic heterocycles. The number of aryl methyl sites for hydroxylation is 2. The molecule has 4 rings (SSSR count). The average Bonchev–Trinajstić information content (AvgIpc) is 3.37. The minimum Gasteiger partial charge on any atom is -0.364 e. The van der Waals surface area contributed by atoms with Gasteiger partial charge in [0.1, 0.15) is 6.26 Å². The van der Waals surface area contributed by atoms with Crippen LogP contribution in [0.5, 0.6) is 0 Å². The van der Waals surface area contributed by atoms with E-state index in [0.29, 0.717) is 0 Å². The number of aliphatic imine (C=N–C) groups is 1. The number of aromatic nitrogens is 1. The second-order valence-corrected chi connectivity index (χ2v) is 7.38. The van der Waals surface area contributed by atoms with Crippen LogP contribution in [0.3, 0.4) is 0 Å². The Morgan fingerprint density at radius 2 is 2.00 bits per heavy atom. The van der Waals surface area contributed by atoms with Crippen LogP contribution in [-0.2, 0) is 25.9 Å². The van der Waals surface area contributed by atoms with E-state index in [1.165, 1.54) is 36.0 Å². The highest BCUT2D eigenvalue weighted by molar-refractivity contribution is 5.80. The highest BCUT2D eigenvalue weighted by Crippen LogP contribution is 2.23. The van der Waals surface area contributed by atoms with E-state index < -0.39 is 0 Å². The molecule has 144 valence electrons. The molecule has 2 heterocycles. The fraction of sp³-hybridized carbons (Fsp3) is 0.524. The maximum atomic E-state index is 4.93. The van der Waals surface area contributed by atoms with Crippen LogP contribution < -0.4 is 5.32 Å². The number of rotatable bonds is 5. The van der Waals surface area contributed by atoms with Crippen molar-refractivity contribution in [2.45, 2.75) is 39.3 Å². The lowest BCUT2D eigenvalue weighted by Crippen LogP contribution is -2.52. The van der Waals surface area contributed by atoms with Crippen LogP contribution in [0.15, 0.2) is 40.0 Å². The molecular formula is C21H29N5O. The maximum absolute atomic E-state index is 4.93. The first-order valence-corrected chi connectivity index (χ1v) is 10.1. The van der Waals surface area contributed by atoms with E-state index in [1.807, 2.05) is 6.07 Å². The van der Waals surface area contributed by atoms with Crippen molar-refractivity contribution >= 4 is 5.96 Å². The predicted molar refractivity (Wildman–Crippen MR) is 107 cm³/mol. The van der Waals surface area contributed by atoms with Crippen molar-refractivity contribution in [3.8, 4) is 0 Å². The van der Waals surface area contributed by atoms with Gasteiger partial charge in [0.05, 0.1) is 12.2 Å². The lowest BCUT2D eigenvalue weighted by Gasteiger charge is -2.36. The molecular weight excluding hydrogens is 338 g/mol. The minimum absolute atomic E-state index is 0.745. The summed E-state index contributed by atoms with van der Waals surface area (Å²) in [5.41, 5.74) is 5.36. The van der Waals surface area contributed by atoms with Gasteiger partial charge in [-0.05, 0) is 42.9 Å². The second-order valence-electron chi connectivity index (χ2n) is 7.38. The van der Waals surface area contributed by atoms with Crippen molar-refractivity contribution < 1.29 is 4.52 Å². The predicted octanol–water partition coefficient (Wildman–Crippen LogP) is 2.45. The SMILES string of the molecule is CCNC(=NCc1ccc2c(c1)CCC2)N1CCN(Cc2ccon2)CC1. The van der Waals surface area contributed by atoms with Gasteiger partial charge in [0.2, 0.25) is 0 Å². The van der Waals surface area contributed by atoms with E-state index >= 15 is 0 Å². The molecule has 6 nitrogen and oxygen atoms in total. The third-order valence-corrected chi connectivity index (χ3v) is 5.46. The fourth-order valence-electron chi connectivity index (χ4n) is 3.98. The lowest BCUT2D eigenvalue weighted by molar-refractivity contribution is 0.169. The van der Waals surface area contributed by atoms with Crippen LogP contribution in [0.4, 0.5) is 0 Å². The van der Waals surface area contributed by atoms with Gasteiger partial charge >= 0.3 is 0 Å². The molecule has 0 radical (unpaired) electrons. The Morgan fingerprint density at radius 1 is 1.15 bits per heavy atom. The van der Waals surface area contributed by atoms with Crippen molar-refractivity contribution in [3.05, 3.63) is 52.9 Å². The van der Waals surface area contributed by atoms with Gasteiger partial charge in [0.25, 0.3) is 0 Å². The Labute approximate surface area is 161 Å². The Morgan fingerprint density at radius 3 is 2.78 bits per heavy atom. The van der Waals surface area contributed by atoms with Crippen LogP contribution >= 0.6 is 0 Å². The number of hydrogen-bond donors (Lipinski definition) is 1. The standard InChI is InChI=1S/C21H29N5O/c1-2-22-21(23-15-17-6-7-18-4-3-5-19(18)14-17)26-11-9-25(10-12-26)16-20-8-13-27-24-20/h6-8,13-14H,2-5,9-12,15-16H2,1H3,(H,22,23). The zero-order valence-electron chi connectivity index (χ0n) is 16.2. The summed E-state index contributed by atoms with van der Waals surface area (Å²) in [6, 6.07) is 8.83. The Kier molecular flexibility index (Phi) is 5.72. The van der Waals surface area contributed by atoms with E-state index in [1.54, 1.807) is 6.26 Å². The smallest absolute Gasteiger partial charge is 0.194 e. The summed E-state index contributed by atoms with van der Waals surface area (Å²) in [5.74, 6) is 1.03. The second kappa shape index (κ2) is 8.57. The van der Waals surface area contributed by atoms with E-state index in [0.717, 1.165) is 57.5 Å². The van der Waals surface area contributed by atoms with Gasteiger partial charge in [-0.3, -0.25) is 4.90 Å². The normalized spacial score (nSPS) is 18.0. The number of fused-ring (bicyclic) bond motifs is 1. The molecule has 0 atom stereocenters. The number of nitrogens with one attached hydrogen (secondary N) is 1. The number of hydrogen-bond acceptors (Lipinski definition) is 4. The van der Waals surface area contributed by atoms with Gasteiger partial charge in [-0.2, -0.15) is 0 Å². The summed E-state index contributed by atoms with van der Waals surface area (Å²) in [6.45, 7) is 8.60. The van der Waals surface area contributed by atoms with E-state index in [4.69, 9.17) is 9.52 Å². The molecule has 0 spiro atoms. The van der Waals surface area contributed by atoms with E-state index in [9.17, 15) is 0 Å². The average molecular weight is 367 g/mol. The van der Waals surface area contributed by atoms with Gasteiger partial charge in [0, 0.05) is 45.3 Å². The van der Waals surface area contributed by atoms with Crippen LogP contribution in [-0.4, -0.2) is 53.6 Å². The van der Waals surface area contributed by atoms with Crippen molar-refractivity contribution in [1.82, 2.24) is 20.3 Å². The summed E-state index contributed by atoms with van der Waals surface area (Å²) in [5, 5.41) is 7.48. The summed E-state index contributed by atoms with van der Waals surface area (Å²) < 4.78 is 4.93. The molecule has 6 heteroatoms. The van der Waals surface area contributed by atoms with Gasteiger partial charge in [-0.25, -0.2) is 4.99 Å². The molecule has 1 aliphatic carbocycles. The third kappa shape index (κ3) is 4.50. The van der Waals surface area contributed by atoms with Crippen molar-refractivity contribution in [2.75, 3.05) is 32.7 Å². The third-order valence-electron chi connectivity index (χ3n) is 5.46. The Balaban J connectivity index is 1.35. The molecule has 1 N–H and O–H groups in total. The topological polar surface area (TPSA) is 56.9 Å². The van der Waals surface area contributed by atoms with Gasteiger partial charge in [-0.15, -0.1) is 0 Å². The number of benzene rings is 1. The quantitative estimate of drug-likeness (QED) is 0.650. The zero-order chi connectivity index (χ0) is 18.5. The van der Waals surface area contributed by atoms with Crippen molar-refractivity contribution in [1.29, 1.82) is 0 Å². The highest BCUT2D eigenvalue weighted by Gasteiger charge is 2.20. The van der Waals surface area contributed by atoms with Gasteiger partial charge in [0.15, 0.2) is 5.96 Å². The Bertz CT molecular complexity index is 763. The molecule has 1 aromatic carbocycles. The lowest BCUT2D eigenvalue weighted by atomic mass is 10.1. The first-order chi connectivity index (χ1) is 13.3. The van der Waals surface area contributed by atoms with E-state index in [2.05, 4.69) is 45.4 Å². The molecule has 0 bridgehead atoms. The first kappa shape index (κ1) is 18.0. The van der Waals surface area contributed by atoms with E-state index in [-0.39, 0.29) is 0 Å². The van der Waals surface area contributed by atoms with Gasteiger partial charge in [-0.1, -0.05) is 23.4 Å². The highest BCUT2D eigenvalue weighted by atomic mass is 16.5. The van der Waals surface area contributed by atoms with Crippen LogP contribution in [0, 0.1) is 0 Å². The summed E-state index contributed by atoms with van der Waals surface area (Å²) in [4.78, 5) is 9.71. The number of nitrogens with zero attached hydrogens (tertiary/aromatic N) is 4. The molecule has 1 saturated heterocycles. The minimum atomic E-state index is 0.745. The largest absolute Gasteiger partial charge is 0.364 e. The number of guanidine groups is 1. The van der Waals surface area contributed by atoms with Crippen LogP contribution in [0.2, 0.25) is 0 Å². The molecule has 1 fully saturated rings. The monoisotopic (exact) mass is 367 g/mol. The maximum Gasteiger partial charge on any atom is 0.194 e. The molecule has 27 heavy (non-hydrogen) atoms. The van der Waals surface area contributed by atoms with Crippen LogP contribution in [0.1, 0.15) is 35.7 Å². The molecule has 0 saturated carbocycles. The molecule has 2 aromatic rings.